The topological polar surface area (TPSA) is 95.9 Å². The molecule has 2 N–H and O–H groups in total. The number of nitrogens with zero attached hydrogens (tertiary/aromatic N) is 1. The minimum Gasteiger partial charge on any atom is -0.480 e. The number of hydrogen-bond donors (Lipinski definition) is 2. The Balaban J connectivity index is 1.67. The summed E-state index contributed by atoms with van der Waals surface area (Å²) in [7, 11) is 0. The van der Waals surface area contributed by atoms with Crippen molar-refractivity contribution in [3.63, 3.8) is 0 Å². The standard InChI is InChI=1S/C22H30N2O5S2/c1-3-29-21(28)17(10-9-16-7-5-4-6-8-16)23-15(2)19(25)24-14-22(30-11-12-31-22)13-18(24)20(26)27/h4-8,15,17-18,23H,3,9-14H2,1-2H3,(H,26,27)/t15-,17-,18+/m0/s1. The Morgan fingerprint density at radius 2 is 1.94 bits per heavy atom. The van der Waals surface area contributed by atoms with Gasteiger partial charge >= 0.3 is 11.9 Å². The van der Waals surface area contributed by atoms with Crippen molar-refractivity contribution < 1.29 is 24.2 Å². The van der Waals surface area contributed by atoms with Crippen molar-refractivity contribution in [3.8, 4) is 0 Å². The average Bonchev–Trinajstić information content (AvgIpc) is 3.38. The zero-order chi connectivity index (χ0) is 22.4. The molecule has 0 radical (unpaired) electrons. The van der Waals surface area contributed by atoms with Crippen molar-refractivity contribution in [2.45, 2.75) is 55.3 Å². The zero-order valence-corrected chi connectivity index (χ0v) is 19.5. The summed E-state index contributed by atoms with van der Waals surface area (Å²) in [6, 6.07) is 7.65. The Labute approximate surface area is 191 Å². The van der Waals surface area contributed by atoms with Gasteiger partial charge < -0.3 is 14.7 Å². The SMILES string of the molecule is CCOC(=O)[C@H](CCc1ccccc1)N[C@@H](C)C(=O)N1CC2(C[C@@H]1C(=O)O)SCCS2. The Morgan fingerprint density at radius 1 is 1.26 bits per heavy atom. The van der Waals surface area contributed by atoms with Crippen LogP contribution in [0.4, 0.5) is 0 Å². The molecule has 3 rings (SSSR count). The molecule has 1 spiro atoms. The van der Waals surface area contributed by atoms with Gasteiger partial charge in [0, 0.05) is 24.5 Å². The molecule has 3 atom stereocenters. The molecule has 1 aromatic rings. The summed E-state index contributed by atoms with van der Waals surface area (Å²) in [4.78, 5) is 39.1. The number of nitrogens with one attached hydrogen (secondary N) is 1. The number of carboxylic acid groups (broad SMARTS) is 1. The highest BCUT2D eigenvalue weighted by Crippen LogP contribution is 2.51. The van der Waals surface area contributed by atoms with Crippen molar-refractivity contribution in [1.82, 2.24) is 10.2 Å². The van der Waals surface area contributed by atoms with Crippen molar-refractivity contribution in [1.29, 1.82) is 0 Å². The van der Waals surface area contributed by atoms with E-state index in [0.717, 1.165) is 17.1 Å². The van der Waals surface area contributed by atoms with Gasteiger partial charge in [-0.05, 0) is 32.3 Å². The number of likely N-dealkylation sites (tertiary alicyclic amines) is 1. The number of amides is 1. The van der Waals surface area contributed by atoms with Gasteiger partial charge in [0.1, 0.15) is 12.1 Å². The van der Waals surface area contributed by atoms with Crippen molar-refractivity contribution in [2.24, 2.45) is 0 Å². The highest BCUT2D eigenvalue weighted by molar-refractivity contribution is 8.21. The first-order valence-corrected chi connectivity index (χ1v) is 12.6. The maximum atomic E-state index is 13.2. The van der Waals surface area contributed by atoms with Crippen LogP contribution in [0.3, 0.4) is 0 Å². The van der Waals surface area contributed by atoms with Crippen LogP contribution in [0, 0.1) is 0 Å². The molecule has 0 saturated carbocycles. The molecule has 7 nitrogen and oxygen atoms in total. The highest BCUT2D eigenvalue weighted by atomic mass is 32.2. The van der Waals surface area contributed by atoms with Gasteiger partial charge in [-0.2, -0.15) is 0 Å². The molecular weight excluding hydrogens is 436 g/mol. The largest absolute Gasteiger partial charge is 0.480 e. The second-order valence-electron chi connectivity index (χ2n) is 7.85. The normalized spacial score (nSPS) is 21.7. The Hall–Kier alpha value is -1.71. The fourth-order valence-corrected chi connectivity index (χ4v) is 7.34. The number of benzene rings is 1. The molecule has 0 aliphatic carbocycles. The first kappa shape index (κ1) is 23.9. The fraction of sp³-hybridized carbons (Fsp3) is 0.591. The third kappa shape index (κ3) is 5.96. The van der Waals surface area contributed by atoms with Gasteiger partial charge in [0.05, 0.1) is 16.7 Å². The summed E-state index contributed by atoms with van der Waals surface area (Å²) in [5, 5.41) is 12.8. The highest BCUT2D eigenvalue weighted by Gasteiger charge is 2.52. The lowest BCUT2D eigenvalue weighted by Crippen LogP contribution is -2.53. The number of carbonyl (C=O) groups is 3. The van der Waals surface area contributed by atoms with Crippen LogP contribution in [-0.2, 0) is 25.5 Å². The lowest BCUT2D eigenvalue weighted by atomic mass is 10.0. The number of hydrogen-bond acceptors (Lipinski definition) is 7. The van der Waals surface area contributed by atoms with Crippen LogP contribution >= 0.6 is 23.5 Å². The molecule has 1 aromatic carbocycles. The third-order valence-corrected chi connectivity index (χ3v) is 9.06. The number of ether oxygens (including phenoxy) is 1. The molecule has 0 bridgehead atoms. The van der Waals surface area contributed by atoms with Crippen LogP contribution in [0.25, 0.3) is 0 Å². The number of thioether (sulfide) groups is 2. The molecule has 2 saturated heterocycles. The van der Waals surface area contributed by atoms with E-state index in [0.29, 0.717) is 25.8 Å². The second kappa shape index (κ2) is 10.7. The lowest BCUT2D eigenvalue weighted by molar-refractivity contribution is -0.150. The van der Waals surface area contributed by atoms with Gasteiger partial charge in [-0.25, -0.2) is 4.79 Å². The molecule has 2 aliphatic rings. The van der Waals surface area contributed by atoms with Gasteiger partial charge in [-0.3, -0.25) is 14.9 Å². The molecule has 0 unspecified atom stereocenters. The van der Waals surface area contributed by atoms with Gasteiger partial charge in [0.25, 0.3) is 0 Å². The molecule has 0 aromatic heterocycles. The van der Waals surface area contributed by atoms with E-state index in [1.54, 1.807) is 37.4 Å². The van der Waals surface area contributed by atoms with E-state index >= 15 is 0 Å². The van der Waals surface area contributed by atoms with Crippen LogP contribution in [0.15, 0.2) is 30.3 Å². The van der Waals surface area contributed by atoms with Crippen LogP contribution < -0.4 is 5.32 Å². The first-order valence-electron chi connectivity index (χ1n) is 10.6. The van der Waals surface area contributed by atoms with E-state index in [9.17, 15) is 19.5 Å². The third-order valence-electron chi connectivity index (χ3n) is 5.63. The number of aryl methyl sites for hydroxylation is 1. The van der Waals surface area contributed by atoms with Gasteiger partial charge in [0.2, 0.25) is 5.91 Å². The van der Waals surface area contributed by atoms with E-state index in [4.69, 9.17) is 4.74 Å². The fourth-order valence-electron chi connectivity index (χ4n) is 4.09. The number of aliphatic carboxylic acids is 1. The van der Waals surface area contributed by atoms with Gasteiger partial charge in [-0.15, -0.1) is 23.5 Å². The van der Waals surface area contributed by atoms with Gasteiger partial charge in [0.15, 0.2) is 0 Å². The monoisotopic (exact) mass is 466 g/mol. The Bertz CT molecular complexity index is 785. The summed E-state index contributed by atoms with van der Waals surface area (Å²) in [5.74, 6) is 0.282. The summed E-state index contributed by atoms with van der Waals surface area (Å²) < 4.78 is 4.98. The zero-order valence-electron chi connectivity index (χ0n) is 17.9. The summed E-state index contributed by atoms with van der Waals surface area (Å²) in [6.45, 7) is 4.11. The van der Waals surface area contributed by atoms with Crippen LogP contribution in [-0.4, -0.2) is 74.7 Å². The smallest absolute Gasteiger partial charge is 0.326 e. The van der Waals surface area contributed by atoms with E-state index < -0.39 is 30.1 Å². The van der Waals surface area contributed by atoms with E-state index in [1.807, 2.05) is 30.3 Å². The average molecular weight is 467 g/mol. The number of carbonyl (C=O) groups excluding carboxylic acids is 2. The van der Waals surface area contributed by atoms with E-state index in [-0.39, 0.29) is 16.6 Å². The molecule has 9 heteroatoms. The van der Waals surface area contributed by atoms with Crippen LogP contribution in [0.2, 0.25) is 0 Å². The molecule has 2 fully saturated rings. The summed E-state index contributed by atoms with van der Waals surface area (Å²) in [5.41, 5.74) is 1.10. The quantitative estimate of drug-likeness (QED) is 0.536. The molecule has 31 heavy (non-hydrogen) atoms. The number of carboxylic acids is 1. The van der Waals surface area contributed by atoms with Crippen molar-refractivity contribution >= 4 is 41.4 Å². The molecule has 2 heterocycles. The molecule has 170 valence electrons. The predicted molar refractivity (Wildman–Crippen MR) is 123 cm³/mol. The Morgan fingerprint density at radius 3 is 2.55 bits per heavy atom. The minimum atomic E-state index is -0.975. The predicted octanol–water partition coefficient (Wildman–Crippen LogP) is 2.39. The van der Waals surface area contributed by atoms with Crippen molar-refractivity contribution in [2.75, 3.05) is 24.7 Å². The molecule has 1 amide bonds. The lowest BCUT2D eigenvalue weighted by Gasteiger charge is -2.28. The summed E-state index contributed by atoms with van der Waals surface area (Å²) >= 11 is 3.50. The van der Waals surface area contributed by atoms with Crippen LogP contribution in [0.5, 0.6) is 0 Å². The van der Waals surface area contributed by atoms with E-state index in [1.165, 1.54) is 4.90 Å². The number of rotatable bonds is 9. The number of esters is 1. The maximum absolute atomic E-state index is 13.2. The van der Waals surface area contributed by atoms with E-state index in [2.05, 4.69) is 5.32 Å². The van der Waals surface area contributed by atoms with Crippen molar-refractivity contribution in [3.05, 3.63) is 35.9 Å². The van der Waals surface area contributed by atoms with Crippen LogP contribution in [0.1, 0.15) is 32.3 Å². The first-order chi connectivity index (χ1) is 14.8. The second-order valence-corrected chi connectivity index (χ2v) is 11.1. The minimum absolute atomic E-state index is 0.230. The Kier molecular flexibility index (Phi) is 8.30. The molecular formula is C22H30N2O5S2. The maximum Gasteiger partial charge on any atom is 0.326 e. The summed E-state index contributed by atoms with van der Waals surface area (Å²) in [6.07, 6.45) is 1.60. The molecule has 2 aliphatic heterocycles. The van der Waals surface area contributed by atoms with Gasteiger partial charge in [-0.1, -0.05) is 30.3 Å².